The SMILES string of the molecule is COc1ccc([Si](C)(C)[C@H]2[C@H](C)[C@H](CCc3ccc(N4CCNCC4=O)cc3)O[C@@H]2CC(=O)N(CCO)Cc2ccccc2)cc1. The van der Waals surface area contributed by atoms with Crippen molar-refractivity contribution in [3.63, 3.8) is 0 Å². The molecule has 0 aliphatic carbocycles. The first-order chi connectivity index (χ1) is 22.2. The van der Waals surface area contributed by atoms with Gasteiger partial charge in [-0.2, -0.15) is 0 Å². The number of carbonyl (C=O) groups is 2. The third-order valence-electron chi connectivity index (χ3n) is 9.94. The second kappa shape index (κ2) is 15.4. The zero-order chi connectivity index (χ0) is 32.7. The van der Waals surface area contributed by atoms with Crippen LogP contribution in [0, 0.1) is 5.92 Å². The molecule has 3 aromatic carbocycles. The van der Waals surface area contributed by atoms with E-state index < -0.39 is 8.07 Å². The van der Waals surface area contributed by atoms with Crippen molar-refractivity contribution in [2.75, 3.05) is 44.8 Å². The van der Waals surface area contributed by atoms with Gasteiger partial charge in [0.15, 0.2) is 0 Å². The van der Waals surface area contributed by atoms with Crippen molar-refractivity contribution in [1.82, 2.24) is 10.2 Å². The zero-order valence-corrected chi connectivity index (χ0v) is 28.7. The lowest BCUT2D eigenvalue weighted by Gasteiger charge is -2.36. The van der Waals surface area contributed by atoms with Gasteiger partial charge in [-0.3, -0.25) is 9.59 Å². The Bertz CT molecular complexity index is 1430. The number of rotatable bonds is 13. The Balaban J connectivity index is 1.33. The molecule has 2 amide bonds. The number of nitrogens with zero attached hydrogens (tertiary/aromatic N) is 2. The number of ether oxygens (including phenoxy) is 2. The van der Waals surface area contributed by atoms with Gasteiger partial charge < -0.3 is 29.7 Å². The maximum absolute atomic E-state index is 13.9. The fourth-order valence-electron chi connectivity index (χ4n) is 7.39. The third kappa shape index (κ3) is 7.89. The van der Waals surface area contributed by atoms with E-state index in [9.17, 15) is 14.7 Å². The topological polar surface area (TPSA) is 91.3 Å². The van der Waals surface area contributed by atoms with Crippen molar-refractivity contribution in [1.29, 1.82) is 0 Å². The normalized spacial score (nSPS) is 21.8. The molecule has 4 atom stereocenters. The Hall–Kier alpha value is -3.50. The Morgan fingerprint density at radius 1 is 1.02 bits per heavy atom. The van der Waals surface area contributed by atoms with Gasteiger partial charge in [0.1, 0.15) is 5.75 Å². The van der Waals surface area contributed by atoms with Crippen LogP contribution in [0.2, 0.25) is 18.6 Å². The minimum atomic E-state index is -2.13. The predicted octanol–water partition coefficient (Wildman–Crippen LogP) is 4.36. The Morgan fingerprint density at radius 3 is 2.39 bits per heavy atom. The summed E-state index contributed by atoms with van der Waals surface area (Å²) in [4.78, 5) is 29.8. The van der Waals surface area contributed by atoms with Crippen molar-refractivity contribution < 1.29 is 24.2 Å². The molecule has 2 aliphatic rings. The predicted molar refractivity (Wildman–Crippen MR) is 185 cm³/mol. The summed E-state index contributed by atoms with van der Waals surface area (Å²) in [5, 5.41) is 14.3. The quantitative estimate of drug-likeness (QED) is 0.269. The molecule has 8 nitrogen and oxygen atoms in total. The summed E-state index contributed by atoms with van der Waals surface area (Å²) < 4.78 is 12.3. The van der Waals surface area contributed by atoms with Gasteiger partial charge in [-0.1, -0.05) is 79.8 Å². The molecular formula is C37H49N3O5Si. The first-order valence-electron chi connectivity index (χ1n) is 16.5. The highest BCUT2D eigenvalue weighted by molar-refractivity contribution is 6.91. The largest absolute Gasteiger partial charge is 0.497 e. The van der Waals surface area contributed by atoms with E-state index in [-0.39, 0.29) is 42.1 Å². The number of aliphatic hydroxyl groups is 1. The number of amides is 2. The maximum atomic E-state index is 13.9. The van der Waals surface area contributed by atoms with Crippen molar-refractivity contribution in [2.45, 2.75) is 63.6 Å². The highest BCUT2D eigenvalue weighted by atomic mass is 28.3. The average molecular weight is 644 g/mol. The molecule has 2 N–H and O–H groups in total. The van der Waals surface area contributed by atoms with E-state index in [1.807, 2.05) is 59.5 Å². The second-order valence-electron chi connectivity index (χ2n) is 13.2. The number of methoxy groups -OCH3 is 1. The molecule has 0 bridgehead atoms. The molecule has 2 heterocycles. The van der Waals surface area contributed by atoms with E-state index in [4.69, 9.17) is 9.47 Å². The van der Waals surface area contributed by atoms with Crippen LogP contribution in [0.3, 0.4) is 0 Å². The van der Waals surface area contributed by atoms with Crippen LogP contribution in [-0.2, 0) is 27.3 Å². The Kier molecular flexibility index (Phi) is 11.3. The van der Waals surface area contributed by atoms with Crippen LogP contribution in [0.25, 0.3) is 0 Å². The van der Waals surface area contributed by atoms with Gasteiger partial charge in [0, 0.05) is 31.9 Å². The number of anilines is 1. The van der Waals surface area contributed by atoms with Gasteiger partial charge >= 0.3 is 0 Å². The van der Waals surface area contributed by atoms with Gasteiger partial charge in [0.05, 0.1) is 47.0 Å². The van der Waals surface area contributed by atoms with Crippen molar-refractivity contribution in [2.24, 2.45) is 5.92 Å². The minimum absolute atomic E-state index is 0.0123. The van der Waals surface area contributed by atoms with Crippen LogP contribution in [0.1, 0.15) is 30.9 Å². The van der Waals surface area contributed by atoms with E-state index in [1.165, 1.54) is 10.8 Å². The molecule has 0 radical (unpaired) electrons. The Morgan fingerprint density at radius 2 is 1.74 bits per heavy atom. The molecule has 2 fully saturated rings. The molecule has 9 heteroatoms. The van der Waals surface area contributed by atoms with E-state index in [0.29, 0.717) is 32.6 Å². The Labute approximate surface area is 274 Å². The highest BCUT2D eigenvalue weighted by Crippen LogP contribution is 2.46. The summed E-state index contributed by atoms with van der Waals surface area (Å²) in [6.45, 7) is 9.62. The van der Waals surface area contributed by atoms with Gasteiger partial charge in [0.2, 0.25) is 11.8 Å². The molecule has 46 heavy (non-hydrogen) atoms. The number of aliphatic hydroxyl groups excluding tert-OH is 1. The molecule has 0 unspecified atom stereocenters. The van der Waals surface area contributed by atoms with E-state index >= 15 is 0 Å². The van der Waals surface area contributed by atoms with Crippen LogP contribution in [0.15, 0.2) is 78.9 Å². The van der Waals surface area contributed by atoms with Crippen LogP contribution in [-0.4, -0.2) is 82.0 Å². The fraction of sp³-hybridized carbons (Fsp3) is 0.459. The summed E-state index contributed by atoms with van der Waals surface area (Å²) in [5.74, 6) is 1.21. The maximum Gasteiger partial charge on any atom is 0.240 e. The molecule has 5 rings (SSSR count). The molecule has 2 aliphatic heterocycles. The van der Waals surface area contributed by atoms with Gasteiger partial charge in [-0.15, -0.1) is 0 Å². The number of carbonyl (C=O) groups excluding carboxylic acids is 2. The van der Waals surface area contributed by atoms with Gasteiger partial charge in [0.25, 0.3) is 0 Å². The number of aryl methyl sites for hydroxylation is 1. The molecule has 0 aromatic heterocycles. The van der Waals surface area contributed by atoms with Gasteiger partial charge in [-0.25, -0.2) is 0 Å². The standard InChI is InChI=1S/C37H49N3O5Si/c1-27-33(19-12-28-10-13-30(14-11-28)40-21-20-38-25-36(40)43)45-34(37(27)46(3,4)32-17-15-31(44-2)16-18-32)24-35(42)39(22-23-41)26-29-8-6-5-7-9-29/h5-11,13-18,27,33-34,37-38,41H,12,19-26H2,1-4H3/t27-,33+,34-,37+/m1/s1. The van der Waals surface area contributed by atoms with E-state index in [0.717, 1.165) is 36.4 Å². The zero-order valence-electron chi connectivity index (χ0n) is 27.7. The van der Waals surface area contributed by atoms with Crippen LogP contribution in [0.4, 0.5) is 5.69 Å². The van der Waals surface area contributed by atoms with Crippen LogP contribution >= 0.6 is 0 Å². The summed E-state index contributed by atoms with van der Waals surface area (Å²) in [6, 6.07) is 26.7. The number of piperazine rings is 1. The first-order valence-corrected chi connectivity index (χ1v) is 19.6. The summed E-state index contributed by atoms with van der Waals surface area (Å²) in [7, 11) is -0.446. The van der Waals surface area contributed by atoms with Crippen LogP contribution in [0.5, 0.6) is 5.75 Å². The minimum Gasteiger partial charge on any atom is -0.497 e. The van der Waals surface area contributed by atoms with Crippen molar-refractivity contribution in [3.8, 4) is 5.75 Å². The highest BCUT2D eigenvalue weighted by Gasteiger charge is 2.51. The van der Waals surface area contributed by atoms with E-state index in [1.54, 1.807) is 12.0 Å². The number of benzene rings is 3. The second-order valence-corrected chi connectivity index (χ2v) is 17.9. The van der Waals surface area contributed by atoms with E-state index in [2.05, 4.69) is 49.6 Å². The fourth-order valence-corrected chi connectivity index (χ4v) is 11.5. The average Bonchev–Trinajstić information content (AvgIpc) is 3.39. The lowest BCUT2D eigenvalue weighted by atomic mass is 9.95. The molecule has 2 saturated heterocycles. The van der Waals surface area contributed by atoms with Crippen molar-refractivity contribution >= 4 is 30.8 Å². The van der Waals surface area contributed by atoms with Gasteiger partial charge in [-0.05, 0) is 59.7 Å². The number of hydrogen-bond donors (Lipinski definition) is 2. The lowest BCUT2D eigenvalue weighted by molar-refractivity contribution is -0.135. The van der Waals surface area contributed by atoms with Crippen LogP contribution < -0.4 is 20.1 Å². The first kappa shape index (κ1) is 33.8. The molecule has 0 saturated carbocycles. The smallest absolute Gasteiger partial charge is 0.240 e. The monoisotopic (exact) mass is 643 g/mol. The molecule has 246 valence electrons. The third-order valence-corrected chi connectivity index (χ3v) is 14.3. The summed E-state index contributed by atoms with van der Waals surface area (Å²) in [6.07, 6.45) is 1.80. The number of nitrogens with one attached hydrogen (secondary N) is 1. The summed E-state index contributed by atoms with van der Waals surface area (Å²) in [5.41, 5.74) is 3.42. The number of hydrogen-bond acceptors (Lipinski definition) is 6. The van der Waals surface area contributed by atoms with Crippen molar-refractivity contribution in [3.05, 3.63) is 90.0 Å². The molecule has 0 spiro atoms. The molecular weight excluding hydrogens is 595 g/mol. The molecule has 3 aromatic rings. The summed E-state index contributed by atoms with van der Waals surface area (Å²) >= 11 is 0. The lowest BCUT2D eigenvalue weighted by Crippen LogP contribution is -2.51.